The Morgan fingerprint density at radius 2 is 1.82 bits per heavy atom. The largest absolute Gasteiger partial charge is 0.382 e. The van der Waals surface area contributed by atoms with Gasteiger partial charge in [-0.3, -0.25) is 9.36 Å². The Balaban J connectivity index is 1.97. The molecule has 4 rings (SSSR count). The number of nitriles is 1. The van der Waals surface area contributed by atoms with Crippen molar-refractivity contribution in [3.05, 3.63) is 75.3 Å². The molecule has 11 heteroatoms. The molecule has 0 unspecified atom stereocenters. The van der Waals surface area contributed by atoms with Gasteiger partial charge in [0, 0.05) is 6.07 Å². The number of aromatic nitrogens is 4. The van der Waals surface area contributed by atoms with Crippen LogP contribution in [0.4, 0.5) is 26.4 Å². The highest BCUT2D eigenvalue weighted by Crippen LogP contribution is 2.26. The number of nitrogens with zero attached hydrogens (tertiary/aromatic N) is 5. The SMILES string of the molecule is Cc1cccc2nc([C@H](C)Nc3nc(N)nc(N)c3C#N)n(-c3cc(F)cc(F)c3)c(=O)c12. The Labute approximate surface area is 186 Å². The fraction of sp³-hybridized carbons (Fsp3) is 0.136. The summed E-state index contributed by atoms with van der Waals surface area (Å²) in [6.07, 6.45) is 0. The highest BCUT2D eigenvalue weighted by molar-refractivity contribution is 5.81. The van der Waals surface area contributed by atoms with E-state index in [4.69, 9.17) is 11.5 Å². The summed E-state index contributed by atoms with van der Waals surface area (Å²) in [6, 6.07) is 9.07. The van der Waals surface area contributed by atoms with Crippen molar-refractivity contribution in [2.24, 2.45) is 0 Å². The maximum atomic E-state index is 14.0. The van der Waals surface area contributed by atoms with Gasteiger partial charge in [0.1, 0.15) is 34.9 Å². The maximum absolute atomic E-state index is 14.0. The van der Waals surface area contributed by atoms with Gasteiger partial charge >= 0.3 is 0 Å². The van der Waals surface area contributed by atoms with Gasteiger partial charge in [0.2, 0.25) is 5.95 Å². The second-order valence-electron chi connectivity index (χ2n) is 7.38. The van der Waals surface area contributed by atoms with Crippen molar-refractivity contribution in [1.29, 1.82) is 5.26 Å². The van der Waals surface area contributed by atoms with E-state index < -0.39 is 23.2 Å². The third kappa shape index (κ3) is 3.89. The van der Waals surface area contributed by atoms with Crippen LogP contribution in [0.25, 0.3) is 16.6 Å². The van der Waals surface area contributed by atoms with Crippen molar-refractivity contribution in [2.45, 2.75) is 19.9 Å². The molecule has 0 saturated heterocycles. The van der Waals surface area contributed by atoms with Crippen LogP contribution in [0.2, 0.25) is 0 Å². The number of hydrogen-bond acceptors (Lipinski definition) is 8. The standard InChI is InChI=1S/C22H18F2N8O/c1-10-4-3-5-16-17(10)21(33)32(14-7-12(23)6-13(24)8-14)20(29-16)11(2)28-19-15(9-25)18(26)30-22(27)31-19/h3-8,11H,1-2H3,(H5,26,27,28,30,31)/t11-/m0/s1. The van der Waals surface area contributed by atoms with E-state index in [1.54, 1.807) is 32.0 Å². The Bertz CT molecular complexity index is 1490. The number of nitrogens with one attached hydrogen (secondary N) is 1. The first kappa shape index (κ1) is 21.6. The van der Waals surface area contributed by atoms with Crippen molar-refractivity contribution in [2.75, 3.05) is 16.8 Å². The lowest BCUT2D eigenvalue weighted by molar-refractivity contribution is 0.579. The zero-order chi connectivity index (χ0) is 23.9. The van der Waals surface area contributed by atoms with Gasteiger partial charge in [0.15, 0.2) is 5.82 Å². The van der Waals surface area contributed by atoms with Gasteiger partial charge in [-0.15, -0.1) is 0 Å². The first-order valence-electron chi connectivity index (χ1n) is 9.78. The number of hydrogen-bond donors (Lipinski definition) is 3. The maximum Gasteiger partial charge on any atom is 0.266 e. The lowest BCUT2D eigenvalue weighted by Crippen LogP contribution is -2.28. The van der Waals surface area contributed by atoms with E-state index in [2.05, 4.69) is 20.3 Å². The quantitative estimate of drug-likeness (QED) is 0.431. The number of nitrogen functional groups attached to an aromatic ring is 2. The van der Waals surface area contributed by atoms with E-state index in [-0.39, 0.29) is 34.7 Å². The number of halogens is 2. The van der Waals surface area contributed by atoms with Crippen LogP contribution in [0.3, 0.4) is 0 Å². The summed E-state index contributed by atoms with van der Waals surface area (Å²) in [5.74, 6) is -1.82. The summed E-state index contributed by atoms with van der Waals surface area (Å²) in [6.45, 7) is 3.39. The van der Waals surface area contributed by atoms with Crippen molar-refractivity contribution >= 4 is 28.5 Å². The highest BCUT2D eigenvalue weighted by Gasteiger charge is 2.22. The third-order valence-corrected chi connectivity index (χ3v) is 5.04. The van der Waals surface area contributed by atoms with E-state index >= 15 is 0 Å². The minimum atomic E-state index is -0.851. The minimum absolute atomic E-state index is 0.0329. The summed E-state index contributed by atoms with van der Waals surface area (Å²) < 4.78 is 29.2. The molecule has 5 N–H and O–H groups in total. The molecule has 0 fully saturated rings. The van der Waals surface area contributed by atoms with Crippen molar-refractivity contribution < 1.29 is 8.78 Å². The normalized spacial score (nSPS) is 11.8. The summed E-state index contributed by atoms with van der Waals surface area (Å²) in [5.41, 5.74) is 11.9. The Hall–Kier alpha value is -4.59. The Morgan fingerprint density at radius 1 is 1.12 bits per heavy atom. The molecule has 0 bridgehead atoms. The van der Waals surface area contributed by atoms with Crippen LogP contribution in [-0.2, 0) is 0 Å². The average Bonchev–Trinajstić information content (AvgIpc) is 2.72. The summed E-state index contributed by atoms with van der Waals surface area (Å²) >= 11 is 0. The predicted molar refractivity (Wildman–Crippen MR) is 120 cm³/mol. The predicted octanol–water partition coefficient (Wildman–Crippen LogP) is 2.97. The van der Waals surface area contributed by atoms with Crippen LogP contribution in [-0.4, -0.2) is 19.5 Å². The van der Waals surface area contributed by atoms with Crippen molar-refractivity contribution in [1.82, 2.24) is 19.5 Å². The fourth-order valence-corrected chi connectivity index (χ4v) is 3.60. The van der Waals surface area contributed by atoms with E-state index in [1.807, 2.05) is 6.07 Å². The monoisotopic (exact) mass is 448 g/mol. The van der Waals surface area contributed by atoms with Crippen molar-refractivity contribution in [3.63, 3.8) is 0 Å². The van der Waals surface area contributed by atoms with Crippen LogP contribution in [0.5, 0.6) is 0 Å². The number of aryl methyl sites for hydroxylation is 1. The molecule has 4 aromatic rings. The number of nitrogens with two attached hydrogens (primary N) is 2. The van der Waals surface area contributed by atoms with Gasteiger partial charge in [-0.05, 0) is 37.6 Å². The Morgan fingerprint density at radius 3 is 2.48 bits per heavy atom. The zero-order valence-electron chi connectivity index (χ0n) is 17.6. The Kier molecular flexibility index (Phi) is 5.35. The molecule has 9 nitrogen and oxygen atoms in total. The van der Waals surface area contributed by atoms with Crippen LogP contribution in [0, 0.1) is 29.9 Å². The molecule has 0 aliphatic carbocycles. The lowest BCUT2D eigenvalue weighted by atomic mass is 10.1. The summed E-state index contributed by atoms with van der Waals surface area (Å²) in [5, 5.41) is 12.7. The van der Waals surface area contributed by atoms with Gasteiger partial charge in [0.25, 0.3) is 5.56 Å². The second kappa shape index (κ2) is 8.16. The van der Waals surface area contributed by atoms with Gasteiger partial charge in [0.05, 0.1) is 22.6 Å². The topological polar surface area (TPSA) is 149 Å². The molecule has 2 aromatic carbocycles. The minimum Gasteiger partial charge on any atom is -0.382 e. The van der Waals surface area contributed by atoms with Gasteiger partial charge in [-0.1, -0.05) is 12.1 Å². The molecule has 166 valence electrons. The molecule has 0 amide bonds. The lowest BCUT2D eigenvalue weighted by Gasteiger charge is -2.21. The number of fused-ring (bicyclic) bond motifs is 1. The van der Waals surface area contributed by atoms with Crippen LogP contribution >= 0.6 is 0 Å². The molecule has 2 aromatic heterocycles. The molecule has 33 heavy (non-hydrogen) atoms. The van der Waals surface area contributed by atoms with Crippen LogP contribution in [0.1, 0.15) is 29.9 Å². The van der Waals surface area contributed by atoms with Gasteiger partial charge in [-0.2, -0.15) is 15.2 Å². The molecule has 0 saturated carbocycles. The molecular weight excluding hydrogens is 430 g/mol. The third-order valence-electron chi connectivity index (χ3n) is 5.04. The van der Waals surface area contributed by atoms with E-state index in [9.17, 15) is 18.8 Å². The van der Waals surface area contributed by atoms with Crippen molar-refractivity contribution in [3.8, 4) is 11.8 Å². The molecule has 0 spiro atoms. The second-order valence-corrected chi connectivity index (χ2v) is 7.38. The van der Waals surface area contributed by atoms with E-state index in [0.29, 0.717) is 22.5 Å². The van der Waals surface area contributed by atoms with E-state index in [0.717, 1.165) is 16.7 Å². The molecule has 0 aliphatic heterocycles. The number of anilines is 3. The zero-order valence-corrected chi connectivity index (χ0v) is 17.6. The number of rotatable bonds is 4. The van der Waals surface area contributed by atoms with Crippen LogP contribution in [0.15, 0.2) is 41.2 Å². The number of benzene rings is 2. The fourth-order valence-electron chi connectivity index (χ4n) is 3.60. The molecule has 1 atom stereocenters. The van der Waals surface area contributed by atoms with Gasteiger partial charge in [-0.25, -0.2) is 13.8 Å². The first-order valence-corrected chi connectivity index (χ1v) is 9.78. The smallest absolute Gasteiger partial charge is 0.266 e. The van der Waals surface area contributed by atoms with E-state index in [1.165, 1.54) is 0 Å². The molecular formula is C22H18F2N8O. The summed E-state index contributed by atoms with van der Waals surface area (Å²) in [7, 11) is 0. The molecule has 0 radical (unpaired) electrons. The highest BCUT2D eigenvalue weighted by atomic mass is 19.1. The average molecular weight is 448 g/mol. The van der Waals surface area contributed by atoms with Crippen LogP contribution < -0.4 is 22.3 Å². The van der Waals surface area contributed by atoms with Gasteiger partial charge < -0.3 is 16.8 Å². The summed E-state index contributed by atoms with van der Waals surface area (Å²) in [4.78, 5) is 25.9. The molecule has 2 heterocycles. The first-order chi connectivity index (χ1) is 15.7. The molecule has 0 aliphatic rings.